The molecule has 0 aromatic heterocycles. The molecular formula is C19H36IN5O3. The summed E-state index contributed by atoms with van der Waals surface area (Å²) >= 11 is 0. The molecule has 2 amide bonds. The van der Waals surface area contributed by atoms with E-state index in [1.807, 2.05) is 20.8 Å². The molecule has 0 bridgehead atoms. The van der Waals surface area contributed by atoms with Crippen molar-refractivity contribution in [1.82, 2.24) is 20.9 Å². The monoisotopic (exact) mass is 509 g/mol. The molecule has 0 radical (unpaired) electrons. The van der Waals surface area contributed by atoms with Gasteiger partial charge in [0.2, 0.25) is 5.91 Å². The van der Waals surface area contributed by atoms with Crippen molar-refractivity contribution in [2.45, 2.75) is 77.0 Å². The number of alkyl carbamates (subject to hydrolysis) is 1. The van der Waals surface area contributed by atoms with E-state index < -0.39 is 11.7 Å². The second-order valence-electron chi connectivity index (χ2n) is 8.38. The largest absolute Gasteiger partial charge is 0.444 e. The zero-order valence-electron chi connectivity index (χ0n) is 17.5. The van der Waals surface area contributed by atoms with Gasteiger partial charge in [0.25, 0.3) is 0 Å². The first-order valence-electron chi connectivity index (χ1n) is 10.0. The van der Waals surface area contributed by atoms with Crippen molar-refractivity contribution in [2.75, 3.05) is 26.7 Å². The number of carbonyl (C=O) groups is 2. The average Bonchev–Trinajstić information content (AvgIpc) is 3.02. The Labute approximate surface area is 185 Å². The lowest BCUT2D eigenvalue weighted by molar-refractivity contribution is -0.120. The van der Waals surface area contributed by atoms with Gasteiger partial charge in [-0.1, -0.05) is 19.3 Å². The third-order valence-electron chi connectivity index (χ3n) is 4.80. The van der Waals surface area contributed by atoms with Gasteiger partial charge in [0.1, 0.15) is 5.60 Å². The van der Waals surface area contributed by atoms with Gasteiger partial charge in [-0.15, -0.1) is 24.0 Å². The molecule has 2 aliphatic rings. The van der Waals surface area contributed by atoms with Crippen LogP contribution in [-0.4, -0.2) is 67.2 Å². The average molecular weight is 509 g/mol. The maximum Gasteiger partial charge on any atom is 0.407 e. The van der Waals surface area contributed by atoms with Crippen molar-refractivity contribution in [1.29, 1.82) is 0 Å². The van der Waals surface area contributed by atoms with E-state index in [9.17, 15) is 9.59 Å². The van der Waals surface area contributed by atoms with Crippen LogP contribution in [0.2, 0.25) is 0 Å². The molecular weight excluding hydrogens is 473 g/mol. The highest BCUT2D eigenvalue weighted by atomic mass is 127. The molecule has 1 saturated heterocycles. The van der Waals surface area contributed by atoms with Gasteiger partial charge in [-0.05, 0) is 40.0 Å². The Morgan fingerprint density at radius 3 is 2.36 bits per heavy atom. The van der Waals surface area contributed by atoms with Crippen molar-refractivity contribution in [3.63, 3.8) is 0 Å². The van der Waals surface area contributed by atoms with Crippen LogP contribution in [0.1, 0.15) is 59.3 Å². The summed E-state index contributed by atoms with van der Waals surface area (Å²) in [5.74, 6) is 0.688. The summed E-state index contributed by atoms with van der Waals surface area (Å²) < 4.78 is 5.31. The summed E-state index contributed by atoms with van der Waals surface area (Å²) in [6, 6.07) is 0.318. The van der Waals surface area contributed by atoms with Crippen LogP contribution in [0.3, 0.4) is 0 Å². The number of hydrogen-bond acceptors (Lipinski definition) is 4. The highest BCUT2D eigenvalue weighted by Crippen LogP contribution is 2.17. The van der Waals surface area contributed by atoms with Crippen LogP contribution in [-0.2, 0) is 9.53 Å². The number of ether oxygens (including phenoxy) is 1. The highest BCUT2D eigenvalue weighted by molar-refractivity contribution is 14.0. The van der Waals surface area contributed by atoms with Gasteiger partial charge in [0.05, 0.1) is 12.6 Å². The fourth-order valence-corrected chi connectivity index (χ4v) is 3.56. The summed E-state index contributed by atoms with van der Waals surface area (Å²) in [5, 5.41) is 9.13. The molecule has 1 aliphatic carbocycles. The molecule has 1 atom stereocenters. The van der Waals surface area contributed by atoms with Crippen LogP contribution >= 0.6 is 24.0 Å². The normalized spacial score (nSPS) is 20.9. The van der Waals surface area contributed by atoms with Crippen LogP contribution in [0.4, 0.5) is 4.79 Å². The molecule has 162 valence electrons. The standard InChI is InChI=1S/C19H35N5O3.HI/c1-19(2,3)27-18(26)23-15-10-11-24(13-15)17(20-4)21-12-16(25)22-14-8-6-5-7-9-14;/h14-15H,5-13H2,1-4H3,(H,20,21)(H,22,25)(H,23,26);1H. The number of rotatable bonds is 4. The van der Waals surface area contributed by atoms with Gasteiger partial charge in [-0.25, -0.2) is 4.79 Å². The lowest BCUT2D eigenvalue weighted by atomic mass is 9.95. The molecule has 1 aliphatic heterocycles. The lowest BCUT2D eigenvalue weighted by Crippen LogP contribution is -2.48. The Morgan fingerprint density at radius 2 is 1.75 bits per heavy atom. The van der Waals surface area contributed by atoms with Gasteiger partial charge in [0.15, 0.2) is 5.96 Å². The minimum Gasteiger partial charge on any atom is -0.444 e. The molecule has 2 rings (SSSR count). The fraction of sp³-hybridized carbons (Fsp3) is 0.842. The molecule has 2 fully saturated rings. The predicted molar refractivity (Wildman–Crippen MR) is 121 cm³/mol. The first kappa shape index (κ1) is 24.8. The van der Waals surface area contributed by atoms with Crippen molar-refractivity contribution >= 4 is 41.9 Å². The van der Waals surface area contributed by atoms with E-state index in [0.29, 0.717) is 18.5 Å². The van der Waals surface area contributed by atoms with E-state index in [4.69, 9.17) is 4.74 Å². The number of aliphatic imine (C=N–C) groups is 1. The van der Waals surface area contributed by atoms with Crippen LogP contribution in [0.15, 0.2) is 4.99 Å². The molecule has 8 nitrogen and oxygen atoms in total. The second-order valence-corrected chi connectivity index (χ2v) is 8.38. The van der Waals surface area contributed by atoms with Crippen LogP contribution in [0.25, 0.3) is 0 Å². The molecule has 3 N–H and O–H groups in total. The number of guanidine groups is 1. The Bertz CT molecular complexity index is 544. The number of likely N-dealkylation sites (tertiary alicyclic amines) is 1. The van der Waals surface area contributed by atoms with Gasteiger partial charge in [-0.2, -0.15) is 0 Å². The molecule has 1 unspecified atom stereocenters. The smallest absolute Gasteiger partial charge is 0.407 e. The molecule has 9 heteroatoms. The Kier molecular flexibility index (Phi) is 10.3. The van der Waals surface area contributed by atoms with Crippen LogP contribution in [0.5, 0.6) is 0 Å². The van der Waals surface area contributed by atoms with Gasteiger partial charge < -0.3 is 25.6 Å². The molecule has 0 aromatic carbocycles. The number of amides is 2. The van der Waals surface area contributed by atoms with Crippen molar-refractivity contribution in [3.8, 4) is 0 Å². The third kappa shape index (κ3) is 8.83. The third-order valence-corrected chi connectivity index (χ3v) is 4.80. The predicted octanol–water partition coefficient (Wildman–Crippen LogP) is 2.23. The molecule has 1 heterocycles. The summed E-state index contributed by atoms with van der Waals surface area (Å²) in [6.45, 7) is 7.16. The number of carbonyl (C=O) groups excluding carboxylic acids is 2. The summed E-state index contributed by atoms with van der Waals surface area (Å²) in [7, 11) is 1.70. The zero-order valence-corrected chi connectivity index (χ0v) is 19.9. The number of nitrogens with zero attached hydrogens (tertiary/aromatic N) is 2. The quantitative estimate of drug-likeness (QED) is 0.307. The van der Waals surface area contributed by atoms with E-state index in [-0.39, 0.29) is 42.5 Å². The fourth-order valence-electron chi connectivity index (χ4n) is 3.56. The maximum absolute atomic E-state index is 12.2. The van der Waals surface area contributed by atoms with Gasteiger partial charge >= 0.3 is 6.09 Å². The summed E-state index contributed by atoms with van der Waals surface area (Å²) in [4.78, 5) is 30.4. The minimum atomic E-state index is -0.508. The molecule has 28 heavy (non-hydrogen) atoms. The second kappa shape index (κ2) is 11.7. The Balaban J connectivity index is 0.00000392. The van der Waals surface area contributed by atoms with Crippen molar-refractivity contribution in [3.05, 3.63) is 0 Å². The Hall–Kier alpha value is -1.26. The first-order chi connectivity index (χ1) is 12.8. The highest BCUT2D eigenvalue weighted by Gasteiger charge is 2.28. The van der Waals surface area contributed by atoms with Crippen molar-refractivity contribution < 1.29 is 14.3 Å². The lowest BCUT2D eigenvalue weighted by Gasteiger charge is -2.25. The van der Waals surface area contributed by atoms with E-state index in [1.165, 1.54) is 19.3 Å². The van der Waals surface area contributed by atoms with Crippen LogP contribution < -0.4 is 16.0 Å². The number of hydrogen-bond donors (Lipinski definition) is 3. The maximum atomic E-state index is 12.2. The van der Waals surface area contributed by atoms with Gasteiger partial charge in [0, 0.05) is 26.2 Å². The Morgan fingerprint density at radius 1 is 1.07 bits per heavy atom. The minimum absolute atomic E-state index is 0. The van der Waals surface area contributed by atoms with E-state index >= 15 is 0 Å². The van der Waals surface area contributed by atoms with E-state index in [2.05, 4.69) is 25.8 Å². The topological polar surface area (TPSA) is 95.1 Å². The summed E-state index contributed by atoms with van der Waals surface area (Å²) in [5.41, 5.74) is -0.508. The van der Waals surface area contributed by atoms with Crippen molar-refractivity contribution in [2.24, 2.45) is 4.99 Å². The van der Waals surface area contributed by atoms with E-state index in [1.54, 1.807) is 7.05 Å². The van der Waals surface area contributed by atoms with E-state index in [0.717, 1.165) is 25.8 Å². The number of halogens is 1. The SMILES string of the molecule is CN=C(NCC(=O)NC1CCCCC1)N1CCC(NC(=O)OC(C)(C)C)C1.I. The van der Waals surface area contributed by atoms with Crippen LogP contribution in [0, 0.1) is 0 Å². The summed E-state index contributed by atoms with van der Waals surface area (Å²) in [6.07, 6.45) is 6.22. The number of nitrogens with one attached hydrogen (secondary N) is 3. The molecule has 0 aromatic rings. The molecule has 0 spiro atoms. The first-order valence-corrected chi connectivity index (χ1v) is 10.0. The molecule has 1 saturated carbocycles. The zero-order chi connectivity index (χ0) is 19.9. The van der Waals surface area contributed by atoms with Gasteiger partial charge in [-0.3, -0.25) is 9.79 Å².